The van der Waals surface area contributed by atoms with Gasteiger partial charge < -0.3 is 11.3 Å². The van der Waals surface area contributed by atoms with Crippen LogP contribution in [0.5, 0.6) is 0 Å². The first kappa shape index (κ1) is 16.5. The van der Waals surface area contributed by atoms with Crippen molar-refractivity contribution in [1.82, 2.24) is 6.15 Å². The van der Waals surface area contributed by atoms with Crippen LogP contribution in [0.25, 0.3) is 11.1 Å². The third-order valence-electron chi connectivity index (χ3n) is 2.15. The molecule has 0 atom stereocenters. The molecule has 0 saturated heterocycles. The average molecular weight is 259 g/mol. The second-order valence-electron chi connectivity index (χ2n) is 3.62. The Hall–Kier alpha value is -2.46. The van der Waals surface area contributed by atoms with Gasteiger partial charge in [-0.15, -0.1) is 0 Å². The number of hydrogen-bond acceptors (Lipinski definition) is 3. The second kappa shape index (κ2) is 8.60. The Morgan fingerprint density at radius 1 is 0.947 bits per heavy atom. The number of aliphatic carboxylic acids is 1. The molecule has 4 heteroatoms. The predicted octanol–water partition coefficient (Wildman–Crippen LogP) is 3.42. The number of hydrogen-bond donors (Lipinski definition) is 2. The van der Waals surface area contributed by atoms with Crippen LogP contribution in [0.2, 0.25) is 0 Å². The minimum Gasteiger partial charge on any atom is -0.481 e. The Balaban J connectivity index is 0.000000576. The van der Waals surface area contributed by atoms with E-state index in [1.165, 1.54) is 5.56 Å². The molecule has 2 aromatic rings. The summed E-state index contributed by atoms with van der Waals surface area (Å²) >= 11 is 0. The Morgan fingerprint density at radius 2 is 1.37 bits per heavy atom. The van der Waals surface area contributed by atoms with Gasteiger partial charge in [-0.25, -0.2) is 0 Å². The van der Waals surface area contributed by atoms with Gasteiger partial charge in [-0.2, -0.15) is 0 Å². The highest BCUT2D eigenvalue weighted by Crippen LogP contribution is 2.18. The average Bonchev–Trinajstić information content (AvgIpc) is 2.39. The SMILES string of the molecule is CC(=O)O.N.O=Cc1ccc(-c2ccccc2)cc1. The van der Waals surface area contributed by atoms with Crippen LogP contribution >= 0.6 is 0 Å². The summed E-state index contributed by atoms with van der Waals surface area (Å²) < 4.78 is 0. The Bertz CT molecular complexity index is 503. The van der Waals surface area contributed by atoms with Gasteiger partial charge in [0.25, 0.3) is 5.97 Å². The van der Waals surface area contributed by atoms with Gasteiger partial charge in [0.15, 0.2) is 0 Å². The Kier molecular flexibility index (Phi) is 7.49. The molecule has 0 fully saturated rings. The quantitative estimate of drug-likeness (QED) is 0.808. The maximum Gasteiger partial charge on any atom is 0.300 e. The molecule has 0 aliphatic rings. The highest BCUT2D eigenvalue weighted by Gasteiger charge is 1.95. The van der Waals surface area contributed by atoms with Crippen LogP contribution in [0, 0.1) is 0 Å². The summed E-state index contributed by atoms with van der Waals surface area (Å²) in [4.78, 5) is 19.5. The van der Waals surface area contributed by atoms with E-state index < -0.39 is 5.97 Å². The fourth-order valence-corrected chi connectivity index (χ4v) is 1.38. The molecule has 0 heterocycles. The molecular weight excluding hydrogens is 242 g/mol. The van der Waals surface area contributed by atoms with Gasteiger partial charge in [-0.3, -0.25) is 9.59 Å². The van der Waals surface area contributed by atoms with Gasteiger partial charge in [-0.05, 0) is 11.1 Å². The van der Waals surface area contributed by atoms with E-state index in [2.05, 4.69) is 12.1 Å². The molecule has 4 nitrogen and oxygen atoms in total. The lowest BCUT2D eigenvalue weighted by molar-refractivity contribution is -0.134. The van der Waals surface area contributed by atoms with Gasteiger partial charge in [0, 0.05) is 12.5 Å². The van der Waals surface area contributed by atoms with Crippen LogP contribution < -0.4 is 6.15 Å². The fourth-order valence-electron chi connectivity index (χ4n) is 1.38. The summed E-state index contributed by atoms with van der Waals surface area (Å²) in [5.41, 5.74) is 3.02. The van der Waals surface area contributed by atoms with E-state index in [-0.39, 0.29) is 6.15 Å². The van der Waals surface area contributed by atoms with E-state index in [0.717, 1.165) is 18.8 Å². The zero-order chi connectivity index (χ0) is 13.4. The molecular formula is C15H17NO3. The van der Waals surface area contributed by atoms with Crippen molar-refractivity contribution in [3.63, 3.8) is 0 Å². The molecule has 4 N–H and O–H groups in total. The predicted molar refractivity (Wildman–Crippen MR) is 75.6 cm³/mol. The fraction of sp³-hybridized carbons (Fsp3) is 0.0667. The first-order valence-electron chi connectivity index (χ1n) is 5.43. The van der Waals surface area contributed by atoms with Crippen LogP contribution in [-0.2, 0) is 4.79 Å². The number of carboxylic acids is 1. The molecule has 0 aliphatic carbocycles. The van der Waals surface area contributed by atoms with E-state index in [9.17, 15) is 4.79 Å². The van der Waals surface area contributed by atoms with Gasteiger partial charge in [-0.1, -0.05) is 54.6 Å². The van der Waals surface area contributed by atoms with Gasteiger partial charge in [0.1, 0.15) is 6.29 Å². The van der Waals surface area contributed by atoms with Gasteiger partial charge >= 0.3 is 0 Å². The van der Waals surface area contributed by atoms with Crippen molar-refractivity contribution in [2.75, 3.05) is 0 Å². The van der Waals surface area contributed by atoms with Crippen molar-refractivity contribution < 1.29 is 14.7 Å². The van der Waals surface area contributed by atoms with E-state index in [4.69, 9.17) is 9.90 Å². The standard InChI is InChI=1S/C13H10O.C2H4O2.H3N/c14-10-11-6-8-13(9-7-11)12-4-2-1-3-5-12;1-2(3)4;/h1-10H;1H3,(H,3,4);1H3. The van der Waals surface area contributed by atoms with Gasteiger partial charge in [0.05, 0.1) is 0 Å². The van der Waals surface area contributed by atoms with Crippen LogP contribution in [0.15, 0.2) is 54.6 Å². The minimum atomic E-state index is -0.833. The zero-order valence-electron chi connectivity index (χ0n) is 10.7. The van der Waals surface area contributed by atoms with E-state index >= 15 is 0 Å². The molecule has 0 bridgehead atoms. The maximum atomic E-state index is 10.5. The van der Waals surface area contributed by atoms with Crippen molar-refractivity contribution in [1.29, 1.82) is 0 Å². The lowest BCUT2D eigenvalue weighted by Gasteiger charge is -2.00. The van der Waals surface area contributed by atoms with Crippen molar-refractivity contribution in [2.45, 2.75) is 6.92 Å². The molecule has 0 amide bonds. The summed E-state index contributed by atoms with van der Waals surface area (Å²) in [6.45, 7) is 1.08. The third-order valence-corrected chi connectivity index (χ3v) is 2.15. The first-order chi connectivity index (χ1) is 8.63. The molecule has 19 heavy (non-hydrogen) atoms. The highest BCUT2D eigenvalue weighted by atomic mass is 16.4. The van der Waals surface area contributed by atoms with Crippen molar-refractivity contribution in [2.24, 2.45) is 0 Å². The smallest absolute Gasteiger partial charge is 0.300 e. The molecule has 0 spiro atoms. The summed E-state index contributed by atoms with van der Waals surface area (Å²) in [7, 11) is 0. The van der Waals surface area contributed by atoms with Crippen molar-refractivity contribution in [3.05, 3.63) is 60.2 Å². The lowest BCUT2D eigenvalue weighted by atomic mass is 10.0. The number of benzene rings is 2. The molecule has 0 unspecified atom stereocenters. The Labute approximate surface area is 112 Å². The Morgan fingerprint density at radius 3 is 1.79 bits per heavy atom. The highest BCUT2D eigenvalue weighted by molar-refractivity contribution is 5.76. The summed E-state index contributed by atoms with van der Waals surface area (Å²) in [6, 6.07) is 17.7. The van der Waals surface area contributed by atoms with Crippen molar-refractivity contribution >= 4 is 12.3 Å². The second-order valence-corrected chi connectivity index (χ2v) is 3.62. The number of carboxylic acid groups (broad SMARTS) is 1. The number of carbonyl (C=O) groups excluding carboxylic acids is 1. The summed E-state index contributed by atoms with van der Waals surface area (Å²) in [5, 5.41) is 7.42. The number of aldehydes is 1. The zero-order valence-corrected chi connectivity index (χ0v) is 10.7. The third kappa shape index (κ3) is 6.14. The molecule has 0 aromatic heterocycles. The minimum absolute atomic E-state index is 0. The van der Waals surface area contributed by atoms with Crippen molar-refractivity contribution in [3.8, 4) is 11.1 Å². The normalized spacial score (nSPS) is 8.47. The van der Waals surface area contributed by atoms with E-state index in [1.807, 2.05) is 42.5 Å². The molecule has 2 rings (SSSR count). The number of rotatable bonds is 2. The van der Waals surface area contributed by atoms with Crippen LogP contribution in [-0.4, -0.2) is 17.4 Å². The molecule has 100 valence electrons. The van der Waals surface area contributed by atoms with E-state index in [1.54, 1.807) is 0 Å². The lowest BCUT2D eigenvalue weighted by Crippen LogP contribution is -1.80. The molecule has 0 saturated carbocycles. The summed E-state index contributed by atoms with van der Waals surface area (Å²) in [6.07, 6.45) is 0.856. The van der Waals surface area contributed by atoms with Crippen LogP contribution in [0.1, 0.15) is 17.3 Å². The van der Waals surface area contributed by atoms with Gasteiger partial charge in [0.2, 0.25) is 0 Å². The largest absolute Gasteiger partial charge is 0.481 e. The molecule has 2 aromatic carbocycles. The van der Waals surface area contributed by atoms with E-state index in [0.29, 0.717) is 5.56 Å². The number of carbonyl (C=O) groups is 2. The monoisotopic (exact) mass is 259 g/mol. The topological polar surface area (TPSA) is 89.4 Å². The summed E-state index contributed by atoms with van der Waals surface area (Å²) in [5.74, 6) is -0.833. The van der Waals surface area contributed by atoms with Crippen LogP contribution in [0.3, 0.4) is 0 Å². The van der Waals surface area contributed by atoms with Crippen LogP contribution in [0.4, 0.5) is 0 Å². The molecule has 0 radical (unpaired) electrons. The molecule has 0 aliphatic heterocycles. The maximum absolute atomic E-state index is 10.5. The first-order valence-corrected chi connectivity index (χ1v) is 5.43.